The predicted octanol–water partition coefficient (Wildman–Crippen LogP) is 11.5. The van der Waals surface area contributed by atoms with Gasteiger partial charge in [0.15, 0.2) is 0 Å². The minimum absolute atomic E-state index is 0. The fourth-order valence-corrected chi connectivity index (χ4v) is 10.2. The van der Waals surface area contributed by atoms with Gasteiger partial charge in [0.1, 0.15) is 0 Å². The minimum atomic E-state index is 0. The Morgan fingerprint density at radius 3 is 0.915 bits per heavy atom. The van der Waals surface area contributed by atoms with Crippen molar-refractivity contribution in [3.63, 3.8) is 0 Å². The molecule has 4 aliphatic carbocycles. The average molecular weight is 1050 g/mol. The molecule has 0 saturated heterocycles. The van der Waals surface area contributed by atoms with Crippen LogP contribution in [-0.2, 0) is 75.6 Å². The van der Waals surface area contributed by atoms with Crippen molar-refractivity contribution >= 4 is 0 Å². The van der Waals surface area contributed by atoms with Crippen LogP contribution < -0.4 is 24.8 Å². The molecule has 8 aromatic carbocycles. The van der Waals surface area contributed by atoms with Crippen LogP contribution >= 0.6 is 0 Å². The molecule has 0 nitrogen and oxygen atoms in total. The molecule has 0 heterocycles. The first-order valence-corrected chi connectivity index (χ1v) is 25.4. The normalized spacial score (nSPS) is 12.3. The van der Waals surface area contributed by atoms with Crippen LogP contribution in [-0.4, -0.2) is 0 Å². The van der Waals surface area contributed by atoms with Gasteiger partial charge in [0.2, 0.25) is 0 Å². The summed E-state index contributed by atoms with van der Waals surface area (Å²) < 4.78 is 0. The number of halogens is 2. The molecule has 0 amide bonds. The molecule has 0 aliphatic heterocycles. The molecule has 0 atom stereocenters. The Balaban J connectivity index is 0.000000153. The molecule has 0 aromatic heterocycles. The molecule has 360 valence electrons. The van der Waals surface area contributed by atoms with Crippen LogP contribution in [0.4, 0.5) is 0 Å². The maximum absolute atomic E-state index is 3.47. The van der Waals surface area contributed by atoms with E-state index in [0.29, 0.717) is 0 Å². The zero-order chi connectivity index (χ0) is 47.4. The molecule has 0 bridgehead atoms. The second kappa shape index (κ2) is 24.3. The summed E-state index contributed by atoms with van der Waals surface area (Å²) in [5.74, 6) is 0. The summed E-state index contributed by atoms with van der Waals surface area (Å²) in [5.41, 5.74) is 28.4. The summed E-state index contributed by atoms with van der Waals surface area (Å²) in [6.07, 6.45) is 11.6. The summed E-state index contributed by atoms with van der Waals surface area (Å²) in [7, 11) is 0. The van der Waals surface area contributed by atoms with E-state index in [1.807, 2.05) is 0 Å². The Morgan fingerprint density at radius 2 is 0.634 bits per heavy atom. The Kier molecular flexibility index (Phi) is 19.0. The average Bonchev–Trinajstić information content (AvgIpc) is 4.12. The number of hydrogen-bond donors (Lipinski definition) is 0. The summed E-state index contributed by atoms with van der Waals surface area (Å²) in [5, 5.41) is 0. The van der Waals surface area contributed by atoms with Crippen molar-refractivity contribution < 1.29 is 51.0 Å². The second-order valence-electron chi connectivity index (χ2n) is 21.4. The molecular formula is C68H68Cl2Zr-2. The van der Waals surface area contributed by atoms with Crippen LogP contribution in [0.3, 0.4) is 0 Å². The van der Waals surface area contributed by atoms with Gasteiger partial charge in [-0.25, -0.2) is 0 Å². The molecule has 0 spiro atoms. The number of hydrogen-bond acceptors (Lipinski definition) is 0. The standard InChI is InChI=1S/4C17H17.2ClH.Zr/c2*1-17(2,3)14-9-8-13-10-12-6-4-5-7-15(12)16(13)11-14;2*1-2-3-6-13-9-10-15-12-14-7-4-5-8-16(14)17(15)11-13;;;/h2*4-7,9,11H,10H2,1-3H3;2*4-5,7-9,11H,2-3,6,12H2,1H3;2*1H;/q4*-1;;;+4/p-2. The molecule has 8 aromatic rings. The summed E-state index contributed by atoms with van der Waals surface area (Å²) in [6, 6.07) is 66.8. The van der Waals surface area contributed by atoms with E-state index in [1.54, 1.807) is 0 Å². The van der Waals surface area contributed by atoms with E-state index in [9.17, 15) is 0 Å². The maximum Gasteiger partial charge on any atom is 4.00 e. The molecule has 71 heavy (non-hydrogen) atoms. The van der Waals surface area contributed by atoms with Crippen molar-refractivity contribution in [2.75, 3.05) is 0 Å². The largest absolute Gasteiger partial charge is 4.00 e. The molecule has 12 rings (SSSR count). The van der Waals surface area contributed by atoms with Crippen LogP contribution in [0.1, 0.15) is 148 Å². The van der Waals surface area contributed by atoms with E-state index < -0.39 is 0 Å². The molecule has 3 heteroatoms. The van der Waals surface area contributed by atoms with Gasteiger partial charge < -0.3 is 24.8 Å². The SMILES string of the molecule is CC(C)(C)c1c[c-]c2c(c1)-c1ccccc1C2.CC(C)(C)c1c[c-]c2c(c1)-c1ccccc1C2.CCCCc1c[c-]c2c(c1)-c1ccccc1C2.CCCCc1c[c-]c2c(c1)-c1ccccc1C2.[Cl-].[Cl-].[Zr+4]. The van der Waals surface area contributed by atoms with Gasteiger partial charge in [0.25, 0.3) is 0 Å². The maximum atomic E-state index is 3.47. The van der Waals surface area contributed by atoms with Gasteiger partial charge in [-0.3, -0.25) is 0 Å². The van der Waals surface area contributed by atoms with Gasteiger partial charge in [-0.05, 0) is 25.7 Å². The van der Waals surface area contributed by atoms with Crippen LogP contribution in [0.2, 0.25) is 0 Å². The van der Waals surface area contributed by atoms with Gasteiger partial charge in [-0.2, -0.15) is 117 Å². The quantitative estimate of drug-likeness (QED) is 0.146. The second-order valence-corrected chi connectivity index (χ2v) is 21.4. The number of rotatable bonds is 6. The molecule has 0 unspecified atom stereocenters. The third-order valence-corrected chi connectivity index (χ3v) is 14.3. The van der Waals surface area contributed by atoms with E-state index in [0.717, 1.165) is 25.7 Å². The first-order valence-electron chi connectivity index (χ1n) is 25.4. The summed E-state index contributed by atoms with van der Waals surface area (Å²) >= 11 is 0. The van der Waals surface area contributed by atoms with Crippen LogP contribution in [0.5, 0.6) is 0 Å². The third kappa shape index (κ3) is 12.7. The van der Waals surface area contributed by atoms with Crippen molar-refractivity contribution in [3.05, 3.63) is 237 Å². The molecular weight excluding hydrogens is 979 g/mol. The van der Waals surface area contributed by atoms with E-state index in [-0.39, 0.29) is 61.8 Å². The van der Waals surface area contributed by atoms with E-state index >= 15 is 0 Å². The van der Waals surface area contributed by atoms with Crippen LogP contribution in [0.25, 0.3) is 44.5 Å². The zero-order valence-corrected chi connectivity index (χ0v) is 47.2. The number of aryl methyl sites for hydroxylation is 2. The summed E-state index contributed by atoms with van der Waals surface area (Å²) in [6.45, 7) is 18.0. The van der Waals surface area contributed by atoms with E-state index in [4.69, 9.17) is 0 Å². The topological polar surface area (TPSA) is 0 Å². The monoisotopic (exact) mass is 1040 g/mol. The Bertz CT molecular complexity index is 2860. The fourth-order valence-electron chi connectivity index (χ4n) is 10.2. The van der Waals surface area contributed by atoms with Gasteiger partial charge in [0, 0.05) is 0 Å². The van der Waals surface area contributed by atoms with Crippen molar-refractivity contribution in [2.24, 2.45) is 0 Å². The number of unbranched alkanes of at least 4 members (excludes halogenated alkanes) is 2. The molecule has 0 N–H and O–H groups in total. The van der Waals surface area contributed by atoms with E-state index in [2.05, 4.69) is 225 Å². The number of fused-ring (bicyclic) bond motifs is 12. The Labute approximate surface area is 459 Å². The van der Waals surface area contributed by atoms with Gasteiger partial charge in [-0.1, -0.05) is 246 Å². The first-order chi connectivity index (χ1) is 32.9. The third-order valence-electron chi connectivity index (χ3n) is 14.3. The minimum Gasteiger partial charge on any atom is -1.00 e. The van der Waals surface area contributed by atoms with Crippen molar-refractivity contribution in [2.45, 2.75) is 130 Å². The van der Waals surface area contributed by atoms with Crippen LogP contribution in [0.15, 0.2) is 146 Å². The van der Waals surface area contributed by atoms with Crippen molar-refractivity contribution in [3.8, 4) is 44.5 Å². The predicted molar refractivity (Wildman–Crippen MR) is 289 cm³/mol. The zero-order valence-electron chi connectivity index (χ0n) is 43.2. The molecule has 0 fully saturated rings. The molecule has 4 aliphatic rings. The first kappa shape index (κ1) is 55.5. The fraction of sp³-hybridized carbons (Fsp3) is 0.294. The van der Waals surface area contributed by atoms with Crippen LogP contribution in [0, 0.1) is 24.3 Å². The smallest absolute Gasteiger partial charge is 1.00 e. The summed E-state index contributed by atoms with van der Waals surface area (Å²) in [4.78, 5) is 0. The Morgan fingerprint density at radius 1 is 0.366 bits per heavy atom. The van der Waals surface area contributed by atoms with Gasteiger partial charge in [0.05, 0.1) is 0 Å². The molecule has 0 radical (unpaired) electrons. The Hall–Kier alpha value is -4.78. The van der Waals surface area contributed by atoms with Gasteiger partial charge in [-0.15, -0.1) is 22.3 Å². The van der Waals surface area contributed by atoms with Crippen molar-refractivity contribution in [1.82, 2.24) is 0 Å². The molecule has 0 saturated carbocycles. The van der Waals surface area contributed by atoms with E-state index in [1.165, 1.54) is 150 Å². The van der Waals surface area contributed by atoms with Crippen molar-refractivity contribution in [1.29, 1.82) is 0 Å². The van der Waals surface area contributed by atoms with Gasteiger partial charge >= 0.3 is 26.2 Å². The number of benzene rings is 8.